The molecule has 3 N–H and O–H groups in total. The van der Waals surface area contributed by atoms with Crippen molar-refractivity contribution in [2.24, 2.45) is 4.99 Å². The SMILES string of the molecule is CCNC(=NCc1ccccc1Cn1cccn1)NCCNC(=O)c1cccnc1. The lowest BCUT2D eigenvalue weighted by Gasteiger charge is -2.13. The number of nitrogens with one attached hydrogen (secondary N) is 3. The van der Waals surface area contributed by atoms with Gasteiger partial charge in [-0.05, 0) is 36.2 Å². The summed E-state index contributed by atoms with van der Waals surface area (Å²) in [6.45, 7) is 5.08. The molecule has 0 spiro atoms. The Morgan fingerprint density at radius 1 is 1.00 bits per heavy atom. The van der Waals surface area contributed by atoms with Crippen molar-refractivity contribution in [3.8, 4) is 0 Å². The molecule has 156 valence electrons. The minimum Gasteiger partial charge on any atom is -0.357 e. The zero-order valence-corrected chi connectivity index (χ0v) is 17.1. The highest BCUT2D eigenvalue weighted by Gasteiger charge is 2.05. The number of carbonyl (C=O) groups excluding carboxylic acids is 1. The Balaban J connectivity index is 1.53. The Kier molecular flexibility index (Phi) is 7.96. The molecule has 1 amide bonds. The number of pyridine rings is 1. The van der Waals surface area contributed by atoms with Crippen LogP contribution in [0, 0.1) is 0 Å². The third kappa shape index (κ3) is 6.44. The molecule has 0 aliphatic heterocycles. The number of rotatable bonds is 9. The van der Waals surface area contributed by atoms with Crippen LogP contribution in [0.2, 0.25) is 0 Å². The summed E-state index contributed by atoms with van der Waals surface area (Å²) in [5, 5.41) is 13.6. The number of guanidine groups is 1. The maximum absolute atomic E-state index is 12.1. The van der Waals surface area contributed by atoms with Crippen LogP contribution in [0.1, 0.15) is 28.4 Å². The van der Waals surface area contributed by atoms with Crippen LogP contribution in [0.25, 0.3) is 0 Å². The van der Waals surface area contributed by atoms with Gasteiger partial charge >= 0.3 is 0 Å². The minimum atomic E-state index is -0.139. The van der Waals surface area contributed by atoms with Gasteiger partial charge in [-0.3, -0.25) is 14.5 Å². The van der Waals surface area contributed by atoms with Crippen LogP contribution in [-0.2, 0) is 13.1 Å². The normalized spacial score (nSPS) is 11.2. The van der Waals surface area contributed by atoms with Crippen molar-refractivity contribution in [3.63, 3.8) is 0 Å². The molecule has 0 aliphatic carbocycles. The van der Waals surface area contributed by atoms with Crippen LogP contribution in [0.3, 0.4) is 0 Å². The average Bonchev–Trinajstić information content (AvgIpc) is 3.29. The first-order chi connectivity index (χ1) is 14.8. The first kappa shape index (κ1) is 21.0. The highest BCUT2D eigenvalue weighted by Crippen LogP contribution is 2.11. The molecular formula is C22H27N7O. The fourth-order valence-corrected chi connectivity index (χ4v) is 2.90. The molecule has 1 aromatic carbocycles. The quantitative estimate of drug-likeness (QED) is 0.287. The Morgan fingerprint density at radius 3 is 2.57 bits per heavy atom. The number of carbonyl (C=O) groups is 1. The van der Waals surface area contributed by atoms with Gasteiger partial charge in [0.05, 0.1) is 18.7 Å². The lowest BCUT2D eigenvalue weighted by atomic mass is 10.1. The third-order valence-electron chi connectivity index (χ3n) is 4.39. The molecule has 0 bridgehead atoms. The van der Waals surface area contributed by atoms with Gasteiger partial charge < -0.3 is 16.0 Å². The second-order valence-electron chi connectivity index (χ2n) is 6.59. The number of aliphatic imine (C=N–C) groups is 1. The Bertz CT molecular complexity index is 939. The average molecular weight is 406 g/mol. The van der Waals surface area contributed by atoms with Gasteiger partial charge in [0.15, 0.2) is 5.96 Å². The lowest BCUT2D eigenvalue weighted by Crippen LogP contribution is -2.41. The molecule has 0 fully saturated rings. The van der Waals surface area contributed by atoms with E-state index in [1.165, 1.54) is 5.56 Å². The highest BCUT2D eigenvalue weighted by atomic mass is 16.1. The molecule has 0 atom stereocenters. The van der Waals surface area contributed by atoms with Gasteiger partial charge in [0.25, 0.3) is 5.91 Å². The van der Waals surface area contributed by atoms with Crippen molar-refractivity contribution in [3.05, 3.63) is 83.9 Å². The highest BCUT2D eigenvalue weighted by molar-refractivity contribution is 5.93. The largest absolute Gasteiger partial charge is 0.357 e. The van der Waals surface area contributed by atoms with Gasteiger partial charge in [0.1, 0.15) is 0 Å². The van der Waals surface area contributed by atoms with E-state index < -0.39 is 0 Å². The molecule has 8 heteroatoms. The van der Waals surface area contributed by atoms with E-state index in [0.717, 1.165) is 12.1 Å². The minimum absolute atomic E-state index is 0.139. The number of nitrogens with zero attached hydrogens (tertiary/aromatic N) is 4. The summed E-state index contributed by atoms with van der Waals surface area (Å²) in [6, 6.07) is 13.6. The summed E-state index contributed by atoms with van der Waals surface area (Å²) in [5.74, 6) is 0.571. The van der Waals surface area contributed by atoms with Crippen molar-refractivity contribution in [2.45, 2.75) is 20.0 Å². The maximum Gasteiger partial charge on any atom is 0.252 e. The molecule has 0 unspecified atom stereocenters. The van der Waals surface area contributed by atoms with E-state index >= 15 is 0 Å². The summed E-state index contributed by atoms with van der Waals surface area (Å²) in [5.41, 5.74) is 2.88. The molecule has 3 rings (SSSR count). The summed E-state index contributed by atoms with van der Waals surface area (Å²) in [6.07, 6.45) is 6.92. The summed E-state index contributed by atoms with van der Waals surface area (Å²) >= 11 is 0. The van der Waals surface area contributed by atoms with Crippen LogP contribution in [0.5, 0.6) is 0 Å². The smallest absolute Gasteiger partial charge is 0.252 e. The number of benzene rings is 1. The molecule has 0 saturated heterocycles. The molecule has 3 aromatic rings. The zero-order valence-electron chi connectivity index (χ0n) is 17.1. The van der Waals surface area contributed by atoms with Crippen molar-refractivity contribution in [2.75, 3.05) is 19.6 Å². The number of hydrogen-bond donors (Lipinski definition) is 3. The van der Waals surface area contributed by atoms with Gasteiger partial charge in [-0.1, -0.05) is 24.3 Å². The van der Waals surface area contributed by atoms with Crippen LogP contribution in [0.4, 0.5) is 0 Å². The van der Waals surface area contributed by atoms with Gasteiger partial charge in [-0.2, -0.15) is 5.10 Å². The van der Waals surface area contributed by atoms with Gasteiger partial charge in [-0.25, -0.2) is 4.99 Å². The van der Waals surface area contributed by atoms with E-state index in [4.69, 9.17) is 4.99 Å². The monoisotopic (exact) mass is 405 g/mol. The van der Waals surface area contributed by atoms with E-state index in [0.29, 0.717) is 37.7 Å². The van der Waals surface area contributed by atoms with Gasteiger partial charge in [0, 0.05) is 44.4 Å². The van der Waals surface area contributed by atoms with Crippen molar-refractivity contribution >= 4 is 11.9 Å². The maximum atomic E-state index is 12.1. The second-order valence-corrected chi connectivity index (χ2v) is 6.59. The molecule has 0 aliphatic rings. The zero-order chi connectivity index (χ0) is 21.0. The van der Waals surface area contributed by atoms with Crippen molar-refractivity contribution in [1.82, 2.24) is 30.7 Å². The van der Waals surface area contributed by atoms with Crippen LogP contribution in [0.15, 0.2) is 72.2 Å². The lowest BCUT2D eigenvalue weighted by molar-refractivity contribution is 0.0954. The van der Waals surface area contributed by atoms with Crippen LogP contribution in [-0.4, -0.2) is 46.3 Å². The summed E-state index contributed by atoms with van der Waals surface area (Å²) in [7, 11) is 0. The third-order valence-corrected chi connectivity index (χ3v) is 4.39. The molecular weight excluding hydrogens is 378 g/mol. The molecule has 0 saturated carbocycles. The fraction of sp³-hybridized carbons (Fsp3) is 0.273. The Hall–Kier alpha value is -3.68. The number of aromatic nitrogens is 3. The van der Waals surface area contributed by atoms with E-state index in [1.54, 1.807) is 30.7 Å². The summed E-state index contributed by atoms with van der Waals surface area (Å²) in [4.78, 5) is 20.7. The topological polar surface area (TPSA) is 96.2 Å². The molecule has 30 heavy (non-hydrogen) atoms. The molecule has 2 heterocycles. The number of amides is 1. The van der Waals surface area contributed by atoms with Crippen molar-refractivity contribution in [1.29, 1.82) is 0 Å². The van der Waals surface area contributed by atoms with Gasteiger partial charge in [0.2, 0.25) is 0 Å². The molecule has 2 aromatic heterocycles. The first-order valence-corrected chi connectivity index (χ1v) is 10.0. The summed E-state index contributed by atoms with van der Waals surface area (Å²) < 4.78 is 1.90. The van der Waals surface area contributed by atoms with Gasteiger partial charge in [-0.15, -0.1) is 0 Å². The predicted octanol–water partition coefficient (Wildman–Crippen LogP) is 1.81. The van der Waals surface area contributed by atoms with Crippen LogP contribution < -0.4 is 16.0 Å². The predicted molar refractivity (Wildman–Crippen MR) is 117 cm³/mol. The fourth-order valence-electron chi connectivity index (χ4n) is 2.90. The van der Waals surface area contributed by atoms with Crippen LogP contribution >= 0.6 is 0 Å². The van der Waals surface area contributed by atoms with E-state index in [2.05, 4.69) is 38.2 Å². The Morgan fingerprint density at radius 2 is 1.83 bits per heavy atom. The molecule has 0 radical (unpaired) electrons. The van der Waals surface area contributed by atoms with E-state index in [9.17, 15) is 4.79 Å². The first-order valence-electron chi connectivity index (χ1n) is 10.0. The molecule has 8 nitrogen and oxygen atoms in total. The van der Waals surface area contributed by atoms with E-state index in [1.807, 2.05) is 36.0 Å². The van der Waals surface area contributed by atoms with E-state index in [-0.39, 0.29) is 5.91 Å². The Labute approximate surface area is 176 Å². The van der Waals surface area contributed by atoms with Crippen molar-refractivity contribution < 1.29 is 4.79 Å². The standard InChI is InChI=1S/C22H27N7O/c1-2-24-22(26-13-12-25-21(30)19-9-5-10-23-15-19)27-16-18-7-3-4-8-20(18)17-29-14-6-11-28-29/h3-11,14-15H,2,12-13,16-17H2,1H3,(H,25,30)(H2,24,26,27). The number of hydrogen-bond acceptors (Lipinski definition) is 4. The second kappa shape index (κ2) is 11.4.